The number of rotatable bonds is 3. The third kappa shape index (κ3) is 4.13. The van der Waals surface area contributed by atoms with Crippen LogP contribution in [-0.2, 0) is 4.74 Å². The monoisotopic (exact) mass is 305 g/mol. The van der Waals surface area contributed by atoms with Crippen molar-refractivity contribution >= 4 is 17.3 Å². The lowest BCUT2D eigenvalue weighted by molar-refractivity contribution is 0.00708. The van der Waals surface area contributed by atoms with Crippen LogP contribution in [0.4, 0.5) is 11.4 Å². The first kappa shape index (κ1) is 16.6. The number of nitrogens with zero attached hydrogens (tertiary/aromatic N) is 2. The first-order valence-corrected chi connectivity index (χ1v) is 7.90. The SMILES string of the molecule is CCN1CCN(c2ccc(C(=O)OC(C)(C)C)c(N)c2)CC1. The zero-order valence-electron chi connectivity index (χ0n) is 14.1. The van der Waals surface area contributed by atoms with E-state index in [2.05, 4.69) is 16.7 Å². The van der Waals surface area contributed by atoms with Crippen molar-refractivity contribution in [3.8, 4) is 0 Å². The number of carbonyl (C=O) groups excluding carboxylic acids is 1. The van der Waals surface area contributed by atoms with E-state index >= 15 is 0 Å². The number of piperazine rings is 1. The number of esters is 1. The molecule has 5 heteroatoms. The van der Waals surface area contributed by atoms with Crippen LogP contribution in [0.5, 0.6) is 0 Å². The Morgan fingerprint density at radius 3 is 2.36 bits per heavy atom. The molecule has 0 bridgehead atoms. The Bertz CT molecular complexity index is 529. The summed E-state index contributed by atoms with van der Waals surface area (Å²) in [6, 6.07) is 5.60. The summed E-state index contributed by atoms with van der Waals surface area (Å²) in [7, 11) is 0. The molecule has 1 heterocycles. The lowest BCUT2D eigenvalue weighted by Gasteiger charge is -2.35. The van der Waals surface area contributed by atoms with Gasteiger partial charge in [-0.1, -0.05) is 6.92 Å². The number of hydrogen-bond donors (Lipinski definition) is 1. The molecule has 0 spiro atoms. The summed E-state index contributed by atoms with van der Waals surface area (Å²) in [6.07, 6.45) is 0. The van der Waals surface area contributed by atoms with Crippen molar-refractivity contribution in [3.63, 3.8) is 0 Å². The number of likely N-dealkylation sites (N-methyl/N-ethyl adjacent to an activating group) is 1. The van der Waals surface area contributed by atoms with Crippen molar-refractivity contribution < 1.29 is 9.53 Å². The fourth-order valence-electron chi connectivity index (χ4n) is 2.59. The zero-order chi connectivity index (χ0) is 16.3. The highest BCUT2D eigenvalue weighted by atomic mass is 16.6. The van der Waals surface area contributed by atoms with E-state index in [1.54, 1.807) is 6.07 Å². The number of hydrogen-bond acceptors (Lipinski definition) is 5. The summed E-state index contributed by atoms with van der Waals surface area (Å²) in [5, 5.41) is 0. The van der Waals surface area contributed by atoms with Gasteiger partial charge in [0.25, 0.3) is 0 Å². The molecule has 122 valence electrons. The van der Waals surface area contributed by atoms with Gasteiger partial charge < -0.3 is 20.3 Å². The van der Waals surface area contributed by atoms with Gasteiger partial charge in [0.05, 0.1) is 5.56 Å². The normalized spacial score (nSPS) is 16.6. The van der Waals surface area contributed by atoms with Gasteiger partial charge in [-0.3, -0.25) is 0 Å². The lowest BCUT2D eigenvalue weighted by atomic mass is 10.1. The van der Waals surface area contributed by atoms with E-state index in [9.17, 15) is 4.79 Å². The predicted molar refractivity (Wildman–Crippen MR) is 90.3 cm³/mol. The van der Waals surface area contributed by atoms with Crippen molar-refractivity contribution in [1.29, 1.82) is 0 Å². The molecule has 1 aromatic carbocycles. The number of nitrogens with two attached hydrogens (primary N) is 1. The van der Waals surface area contributed by atoms with Gasteiger partial charge in [0.1, 0.15) is 5.60 Å². The molecule has 2 rings (SSSR count). The molecule has 1 aliphatic rings. The number of anilines is 2. The molecule has 0 radical (unpaired) electrons. The third-order valence-corrected chi connectivity index (χ3v) is 3.84. The van der Waals surface area contributed by atoms with Gasteiger partial charge in [-0.15, -0.1) is 0 Å². The molecule has 0 amide bonds. The summed E-state index contributed by atoms with van der Waals surface area (Å²) in [5.41, 5.74) is 7.53. The van der Waals surface area contributed by atoms with Crippen molar-refractivity contribution in [2.24, 2.45) is 0 Å². The van der Waals surface area contributed by atoms with E-state index in [4.69, 9.17) is 10.5 Å². The first-order chi connectivity index (χ1) is 10.3. The number of benzene rings is 1. The molecule has 2 N–H and O–H groups in total. The Hall–Kier alpha value is -1.75. The second-order valence-electron chi connectivity index (χ2n) is 6.69. The Kier molecular flexibility index (Phi) is 4.96. The highest BCUT2D eigenvalue weighted by Gasteiger charge is 2.21. The van der Waals surface area contributed by atoms with Gasteiger partial charge in [-0.05, 0) is 45.5 Å². The average Bonchev–Trinajstić information content (AvgIpc) is 2.45. The largest absolute Gasteiger partial charge is 0.456 e. The fraction of sp³-hybridized carbons (Fsp3) is 0.588. The zero-order valence-corrected chi connectivity index (χ0v) is 14.1. The summed E-state index contributed by atoms with van der Waals surface area (Å²) < 4.78 is 5.38. The van der Waals surface area contributed by atoms with E-state index in [0.717, 1.165) is 38.4 Å². The highest BCUT2D eigenvalue weighted by Crippen LogP contribution is 2.24. The second kappa shape index (κ2) is 6.57. The highest BCUT2D eigenvalue weighted by molar-refractivity contribution is 5.96. The van der Waals surface area contributed by atoms with E-state index in [1.165, 1.54) is 0 Å². The minimum Gasteiger partial charge on any atom is -0.456 e. The minimum atomic E-state index is -0.515. The van der Waals surface area contributed by atoms with Crippen LogP contribution >= 0.6 is 0 Å². The van der Waals surface area contributed by atoms with Gasteiger partial charge in [0.15, 0.2) is 0 Å². The van der Waals surface area contributed by atoms with E-state index in [0.29, 0.717) is 11.3 Å². The van der Waals surface area contributed by atoms with Gasteiger partial charge in [-0.25, -0.2) is 4.79 Å². The lowest BCUT2D eigenvalue weighted by Crippen LogP contribution is -2.46. The molecule has 0 unspecified atom stereocenters. The standard InChI is InChI=1S/C17H27N3O2/c1-5-19-8-10-20(11-9-19)13-6-7-14(15(18)12-13)16(21)22-17(2,3)4/h6-7,12H,5,8-11,18H2,1-4H3. The van der Waals surface area contributed by atoms with Gasteiger partial charge in [0, 0.05) is 37.6 Å². The van der Waals surface area contributed by atoms with Crippen molar-refractivity contribution in [2.45, 2.75) is 33.3 Å². The van der Waals surface area contributed by atoms with Crippen LogP contribution in [0.2, 0.25) is 0 Å². The molecule has 0 saturated carbocycles. The molecule has 1 aromatic rings. The molecule has 1 aliphatic heterocycles. The molecular weight excluding hydrogens is 278 g/mol. The van der Waals surface area contributed by atoms with Crippen LogP contribution in [0, 0.1) is 0 Å². The average molecular weight is 305 g/mol. The van der Waals surface area contributed by atoms with Crippen LogP contribution in [0.1, 0.15) is 38.1 Å². The van der Waals surface area contributed by atoms with Crippen LogP contribution in [0.15, 0.2) is 18.2 Å². The van der Waals surface area contributed by atoms with Crippen LogP contribution < -0.4 is 10.6 Å². The smallest absolute Gasteiger partial charge is 0.340 e. The Labute approximate surface area is 133 Å². The van der Waals surface area contributed by atoms with Crippen molar-refractivity contribution in [1.82, 2.24) is 4.90 Å². The summed E-state index contributed by atoms with van der Waals surface area (Å²) in [4.78, 5) is 16.9. The quantitative estimate of drug-likeness (QED) is 0.686. The third-order valence-electron chi connectivity index (χ3n) is 3.84. The molecule has 0 aromatic heterocycles. The number of carbonyl (C=O) groups is 1. The van der Waals surface area contributed by atoms with E-state index in [1.807, 2.05) is 32.9 Å². The predicted octanol–water partition coefficient (Wildman–Crippen LogP) is 2.37. The molecule has 5 nitrogen and oxygen atoms in total. The molecule has 0 atom stereocenters. The maximum absolute atomic E-state index is 12.1. The minimum absolute atomic E-state index is 0.368. The van der Waals surface area contributed by atoms with Crippen molar-refractivity contribution in [2.75, 3.05) is 43.4 Å². The van der Waals surface area contributed by atoms with Gasteiger partial charge in [0.2, 0.25) is 0 Å². The van der Waals surface area contributed by atoms with Crippen LogP contribution in [-0.4, -0.2) is 49.2 Å². The molecule has 22 heavy (non-hydrogen) atoms. The summed E-state index contributed by atoms with van der Waals surface area (Å²) in [6.45, 7) is 12.9. The van der Waals surface area contributed by atoms with Gasteiger partial charge >= 0.3 is 5.97 Å². The topological polar surface area (TPSA) is 58.8 Å². The molecule has 1 fully saturated rings. The summed E-state index contributed by atoms with van der Waals surface area (Å²) >= 11 is 0. The summed E-state index contributed by atoms with van der Waals surface area (Å²) in [5.74, 6) is -0.368. The second-order valence-corrected chi connectivity index (χ2v) is 6.69. The molecular formula is C17H27N3O2. The Balaban J connectivity index is 2.08. The Morgan fingerprint density at radius 2 is 1.86 bits per heavy atom. The fourth-order valence-corrected chi connectivity index (χ4v) is 2.59. The number of nitrogen functional groups attached to an aromatic ring is 1. The Morgan fingerprint density at radius 1 is 1.23 bits per heavy atom. The van der Waals surface area contributed by atoms with E-state index < -0.39 is 5.60 Å². The maximum atomic E-state index is 12.1. The first-order valence-electron chi connectivity index (χ1n) is 7.90. The number of ether oxygens (including phenoxy) is 1. The molecule has 1 saturated heterocycles. The van der Waals surface area contributed by atoms with Crippen LogP contribution in [0.3, 0.4) is 0 Å². The molecule has 0 aliphatic carbocycles. The van der Waals surface area contributed by atoms with Crippen molar-refractivity contribution in [3.05, 3.63) is 23.8 Å². The van der Waals surface area contributed by atoms with E-state index in [-0.39, 0.29) is 5.97 Å². The van der Waals surface area contributed by atoms with Crippen LogP contribution in [0.25, 0.3) is 0 Å². The maximum Gasteiger partial charge on any atom is 0.340 e. The van der Waals surface area contributed by atoms with Gasteiger partial charge in [-0.2, -0.15) is 0 Å².